The quantitative estimate of drug-likeness (QED) is 0.907. The summed E-state index contributed by atoms with van der Waals surface area (Å²) in [6.07, 6.45) is 1.04. The van der Waals surface area contributed by atoms with Crippen LogP contribution in [0.25, 0.3) is 0 Å². The van der Waals surface area contributed by atoms with Crippen molar-refractivity contribution in [1.82, 2.24) is 4.98 Å². The predicted molar refractivity (Wildman–Crippen MR) is 77.1 cm³/mol. The number of hydrogen-bond donors (Lipinski definition) is 1. The molecule has 0 aromatic carbocycles. The normalized spacial score (nSPS) is 42.6. The first-order chi connectivity index (χ1) is 10.3. The van der Waals surface area contributed by atoms with Gasteiger partial charge in [0.2, 0.25) is 0 Å². The van der Waals surface area contributed by atoms with Crippen molar-refractivity contribution in [3.63, 3.8) is 0 Å². The summed E-state index contributed by atoms with van der Waals surface area (Å²) >= 11 is 0. The second kappa shape index (κ2) is 4.79. The van der Waals surface area contributed by atoms with Crippen molar-refractivity contribution in [2.24, 2.45) is 0 Å². The Balaban J connectivity index is 1.60. The molecule has 3 saturated heterocycles. The van der Waals surface area contributed by atoms with Crippen LogP contribution in [0.3, 0.4) is 0 Å². The third-order valence-electron chi connectivity index (χ3n) is 4.41. The van der Waals surface area contributed by atoms with E-state index in [1.165, 1.54) is 0 Å². The molecule has 0 radical (unpaired) electrons. The molecule has 4 rings (SSSR count). The second-order valence-electron chi connectivity index (χ2n) is 7.08. The molecule has 0 spiro atoms. The van der Waals surface area contributed by atoms with Crippen molar-refractivity contribution in [2.75, 3.05) is 6.61 Å². The van der Waals surface area contributed by atoms with Crippen LogP contribution in [0.5, 0.6) is 0 Å². The zero-order valence-corrected chi connectivity index (χ0v) is 13.4. The maximum absolute atomic E-state index is 6.26. The van der Waals surface area contributed by atoms with Gasteiger partial charge in [0.1, 0.15) is 30.5 Å². The monoisotopic (exact) mass is 309 g/mol. The average Bonchev–Trinajstić information content (AvgIpc) is 3.12. The molecule has 5 atom stereocenters. The molecule has 1 aromatic heterocycles. The minimum atomic E-state index is -0.614. The number of rotatable bonds is 2. The maximum atomic E-state index is 6.26. The fourth-order valence-electron chi connectivity index (χ4n) is 3.58. The van der Waals surface area contributed by atoms with Gasteiger partial charge in [0.25, 0.3) is 0 Å². The highest BCUT2D eigenvalue weighted by Gasteiger charge is 2.59. The van der Waals surface area contributed by atoms with E-state index < -0.39 is 11.6 Å². The fraction of sp³-hybridized carbons (Fsp3) is 0.750. The average molecular weight is 309 g/mol. The van der Waals surface area contributed by atoms with Gasteiger partial charge in [-0.1, -0.05) is 0 Å². The number of aromatic nitrogens is 1. The lowest BCUT2D eigenvalue weighted by Crippen LogP contribution is -2.40. The van der Waals surface area contributed by atoms with E-state index in [1.807, 2.05) is 46.0 Å². The fourth-order valence-corrected chi connectivity index (χ4v) is 3.58. The molecule has 0 amide bonds. The first-order valence-electron chi connectivity index (χ1n) is 7.81. The van der Waals surface area contributed by atoms with Gasteiger partial charge in [-0.2, -0.15) is 0 Å². The van der Waals surface area contributed by atoms with E-state index in [9.17, 15) is 0 Å². The van der Waals surface area contributed by atoms with Crippen LogP contribution in [0.1, 0.15) is 39.5 Å². The lowest BCUT2D eigenvalue weighted by molar-refractivity contribution is -0.207. The largest absolute Gasteiger partial charge is 0.363 e. The summed E-state index contributed by atoms with van der Waals surface area (Å²) in [7, 11) is 0. The minimum Gasteiger partial charge on any atom is -0.363 e. The Bertz CT molecular complexity index is 541. The van der Waals surface area contributed by atoms with Gasteiger partial charge >= 0.3 is 0 Å². The lowest BCUT2D eigenvalue weighted by atomic mass is 10.0. The maximum Gasteiger partial charge on any atom is 0.164 e. The summed E-state index contributed by atoms with van der Waals surface area (Å²) in [5, 5.41) is 0. The Morgan fingerprint density at radius 3 is 2.41 bits per heavy atom. The molecule has 0 unspecified atom stereocenters. The van der Waals surface area contributed by atoms with Crippen molar-refractivity contribution in [3.05, 3.63) is 24.0 Å². The highest BCUT2D eigenvalue weighted by Crippen LogP contribution is 2.47. The lowest BCUT2D eigenvalue weighted by Gasteiger charge is -2.26. The number of nitrogens with one attached hydrogen (secondary N) is 1. The van der Waals surface area contributed by atoms with Crippen LogP contribution < -0.4 is 0 Å². The van der Waals surface area contributed by atoms with Crippen molar-refractivity contribution in [3.8, 4) is 0 Å². The molecule has 0 bridgehead atoms. The van der Waals surface area contributed by atoms with Crippen LogP contribution in [0.4, 0.5) is 0 Å². The summed E-state index contributed by atoms with van der Waals surface area (Å²) < 4.78 is 30.1. The van der Waals surface area contributed by atoms with Crippen molar-refractivity contribution >= 4 is 0 Å². The van der Waals surface area contributed by atoms with E-state index in [1.54, 1.807) is 0 Å². The van der Waals surface area contributed by atoms with E-state index in [-0.39, 0.29) is 30.5 Å². The number of fused-ring (bicyclic) bond motifs is 1. The number of ether oxygens (including phenoxy) is 5. The summed E-state index contributed by atoms with van der Waals surface area (Å²) in [6.45, 7) is 8.20. The molecule has 0 saturated carbocycles. The summed E-state index contributed by atoms with van der Waals surface area (Å²) in [5.74, 6) is -1.19. The molecule has 3 aliphatic rings. The molecule has 6 nitrogen and oxygen atoms in total. The molecule has 22 heavy (non-hydrogen) atoms. The molecule has 122 valence electrons. The molecule has 3 aliphatic heterocycles. The van der Waals surface area contributed by atoms with Crippen LogP contribution in [0.15, 0.2) is 18.3 Å². The Morgan fingerprint density at radius 1 is 1.00 bits per heavy atom. The van der Waals surface area contributed by atoms with Crippen LogP contribution in [-0.2, 0) is 23.7 Å². The zero-order valence-electron chi connectivity index (χ0n) is 13.4. The van der Waals surface area contributed by atoms with Gasteiger partial charge in [-0.05, 0) is 39.8 Å². The number of hydrogen-bond acceptors (Lipinski definition) is 5. The van der Waals surface area contributed by atoms with Gasteiger partial charge in [-0.3, -0.25) is 0 Å². The summed E-state index contributed by atoms with van der Waals surface area (Å²) in [4.78, 5) is 3.21. The van der Waals surface area contributed by atoms with Gasteiger partial charge in [-0.25, -0.2) is 0 Å². The standard InChI is InChI=1S/C16H23NO5/c1-15(2)18-8-10(20-15)12-14-13(21-16(3,4)22-14)11(19-12)9-6-5-7-17-9/h5-7,10-14,17H,8H2,1-4H3/t10-,11-,12-,13-,14+/m1/s1. The molecule has 1 N–H and O–H groups in total. The smallest absolute Gasteiger partial charge is 0.164 e. The topological polar surface area (TPSA) is 61.9 Å². The van der Waals surface area contributed by atoms with Gasteiger partial charge in [0.15, 0.2) is 11.6 Å². The molecule has 4 heterocycles. The van der Waals surface area contributed by atoms with Crippen LogP contribution in [0.2, 0.25) is 0 Å². The van der Waals surface area contributed by atoms with Crippen molar-refractivity contribution in [2.45, 2.75) is 69.8 Å². The van der Waals surface area contributed by atoms with E-state index in [4.69, 9.17) is 23.7 Å². The SMILES string of the molecule is CC1(C)O[C@@H]2[C@H](O1)[C@@H](c1ccc[nH]1)O[C@@H]2[C@H]1COC(C)(C)O1. The van der Waals surface area contributed by atoms with Crippen LogP contribution >= 0.6 is 0 Å². The van der Waals surface area contributed by atoms with E-state index >= 15 is 0 Å². The minimum absolute atomic E-state index is 0.147. The van der Waals surface area contributed by atoms with Crippen molar-refractivity contribution < 1.29 is 23.7 Å². The molecule has 3 fully saturated rings. The van der Waals surface area contributed by atoms with E-state index in [0.717, 1.165) is 5.69 Å². The molecule has 0 aliphatic carbocycles. The van der Waals surface area contributed by atoms with Crippen LogP contribution in [-0.4, -0.2) is 47.6 Å². The molecule has 1 aromatic rings. The Hall–Kier alpha value is -0.920. The Morgan fingerprint density at radius 2 is 1.77 bits per heavy atom. The zero-order chi connectivity index (χ0) is 15.5. The summed E-state index contributed by atoms with van der Waals surface area (Å²) in [6, 6.07) is 3.97. The molecular formula is C16H23NO5. The highest BCUT2D eigenvalue weighted by atomic mass is 16.8. The predicted octanol–water partition coefficient (Wildman–Crippen LogP) is 2.13. The molecule has 6 heteroatoms. The molecular weight excluding hydrogens is 286 g/mol. The van der Waals surface area contributed by atoms with Gasteiger partial charge in [0.05, 0.1) is 6.61 Å². The first kappa shape index (κ1) is 14.7. The first-order valence-corrected chi connectivity index (χ1v) is 7.81. The third kappa shape index (κ3) is 2.39. The highest BCUT2D eigenvalue weighted by molar-refractivity contribution is 5.15. The summed E-state index contributed by atoms with van der Waals surface area (Å²) in [5.41, 5.74) is 0.997. The van der Waals surface area contributed by atoms with Gasteiger partial charge < -0.3 is 28.7 Å². The Labute approximate surface area is 130 Å². The van der Waals surface area contributed by atoms with Crippen molar-refractivity contribution in [1.29, 1.82) is 0 Å². The van der Waals surface area contributed by atoms with Gasteiger partial charge in [0, 0.05) is 11.9 Å². The second-order valence-corrected chi connectivity index (χ2v) is 7.08. The Kier molecular flexibility index (Phi) is 3.19. The van der Waals surface area contributed by atoms with Gasteiger partial charge in [-0.15, -0.1) is 0 Å². The third-order valence-corrected chi connectivity index (χ3v) is 4.41. The number of aromatic amines is 1. The van der Waals surface area contributed by atoms with E-state index in [0.29, 0.717) is 6.61 Å². The number of H-pyrrole nitrogens is 1. The van der Waals surface area contributed by atoms with E-state index in [2.05, 4.69) is 4.98 Å². The van der Waals surface area contributed by atoms with Crippen LogP contribution in [0, 0.1) is 0 Å².